The summed E-state index contributed by atoms with van der Waals surface area (Å²) >= 11 is 0. The zero-order valence-electron chi connectivity index (χ0n) is 27.5. The van der Waals surface area contributed by atoms with Crippen LogP contribution in [0.5, 0.6) is 11.5 Å². The molecule has 0 fully saturated rings. The lowest BCUT2D eigenvalue weighted by molar-refractivity contribution is -0.255. The number of methoxy groups -OCH3 is 1. The van der Waals surface area contributed by atoms with Gasteiger partial charge in [0, 0.05) is 60.1 Å². The Kier molecular flexibility index (Phi) is 7.30. The molecule has 11 heteroatoms. The van der Waals surface area contributed by atoms with Gasteiger partial charge < -0.3 is 24.3 Å². The van der Waals surface area contributed by atoms with Crippen LogP contribution >= 0.6 is 0 Å². The topological polar surface area (TPSA) is 136 Å². The molecule has 0 aliphatic carbocycles. The third kappa shape index (κ3) is 5.33. The number of carboxylic acids is 1. The van der Waals surface area contributed by atoms with Crippen LogP contribution in [0.1, 0.15) is 77.6 Å². The Bertz CT molecular complexity index is 2240. The fourth-order valence-corrected chi connectivity index (χ4v) is 7.43. The maximum absolute atomic E-state index is 12.7. The number of carbonyl (C=O) groups is 2. The van der Waals surface area contributed by atoms with Crippen molar-refractivity contribution in [3.63, 3.8) is 0 Å². The first-order chi connectivity index (χ1) is 21.8. The van der Waals surface area contributed by atoms with Gasteiger partial charge >= 0.3 is 5.97 Å². The predicted molar refractivity (Wildman–Crippen MR) is 178 cm³/mol. The van der Waals surface area contributed by atoms with E-state index in [0.717, 1.165) is 16.8 Å². The van der Waals surface area contributed by atoms with E-state index < -0.39 is 33.3 Å². The van der Waals surface area contributed by atoms with Gasteiger partial charge in [-0.15, -0.1) is 0 Å². The maximum Gasteiger partial charge on any atom is 0.337 e. The number of fused-ring (bicyclic) bond motifs is 4. The number of ether oxygens (including phenoxy) is 2. The van der Waals surface area contributed by atoms with Gasteiger partial charge in [-0.05, 0) is 67.8 Å². The van der Waals surface area contributed by atoms with Crippen LogP contribution < -0.4 is 29.9 Å². The normalized spacial score (nSPS) is 17.3. The lowest BCUT2D eigenvalue weighted by Gasteiger charge is -2.41. The van der Waals surface area contributed by atoms with Crippen molar-refractivity contribution >= 4 is 44.5 Å². The highest BCUT2D eigenvalue weighted by Crippen LogP contribution is 2.46. The molecule has 0 amide bonds. The molecule has 0 saturated heterocycles. The monoisotopic (exact) mass is 656 g/mol. The summed E-state index contributed by atoms with van der Waals surface area (Å²) in [6.07, 6.45) is 3.95. The molecule has 1 N–H and O–H groups in total. The number of hydrogen-bond donors (Lipinski definition) is 1. The summed E-state index contributed by atoms with van der Waals surface area (Å²) in [7, 11) is 0.713. The molecule has 0 saturated carbocycles. The Morgan fingerprint density at radius 1 is 0.979 bits per heavy atom. The molecule has 244 valence electrons. The van der Waals surface area contributed by atoms with Gasteiger partial charge in [0.25, 0.3) is 10.1 Å². The SMILES string of the molecule is COC(=O)c1ccc(C(=O)[O-])c(C2=c3cc4c(cc3Oc3cc5c(cc32)C(C)=CC(C)(C)N5C)=[N+](C)C(C)(C)C=C4CS(=O)(=O)O)c1. The number of aromatic carboxylic acids is 1. The lowest BCUT2D eigenvalue weighted by atomic mass is 9.83. The minimum absolute atomic E-state index is 0.136. The molecule has 0 spiro atoms. The Hall–Kier alpha value is -4.74. The number of hydrogen-bond acceptors (Lipinski definition) is 8. The number of benzene rings is 3. The first-order valence-corrected chi connectivity index (χ1v) is 16.6. The third-order valence-electron chi connectivity index (χ3n) is 9.54. The van der Waals surface area contributed by atoms with E-state index in [1.807, 2.05) is 51.6 Å². The number of likely N-dealkylation sites (N-methyl/N-ethyl adjacent to an activating group) is 2. The lowest BCUT2D eigenvalue weighted by Crippen LogP contribution is -2.47. The molecule has 6 rings (SSSR count). The van der Waals surface area contributed by atoms with E-state index in [9.17, 15) is 27.7 Å². The summed E-state index contributed by atoms with van der Waals surface area (Å²) in [5.41, 5.74) is 4.09. The fourth-order valence-electron chi connectivity index (χ4n) is 6.80. The van der Waals surface area contributed by atoms with Gasteiger partial charge in [0.1, 0.15) is 24.3 Å². The summed E-state index contributed by atoms with van der Waals surface area (Å²) < 4.78 is 47.8. The minimum atomic E-state index is -4.41. The number of rotatable bonds is 5. The first-order valence-electron chi connectivity index (χ1n) is 15.0. The molecule has 3 aromatic carbocycles. The van der Waals surface area contributed by atoms with E-state index >= 15 is 0 Å². The van der Waals surface area contributed by atoms with Gasteiger partial charge in [0.2, 0.25) is 5.36 Å². The zero-order chi connectivity index (χ0) is 34.4. The van der Waals surface area contributed by atoms with Crippen molar-refractivity contribution in [1.82, 2.24) is 4.58 Å². The van der Waals surface area contributed by atoms with Crippen molar-refractivity contribution in [2.45, 2.75) is 45.7 Å². The maximum atomic E-state index is 12.7. The van der Waals surface area contributed by atoms with Crippen molar-refractivity contribution in [3.05, 3.63) is 98.6 Å². The number of carbonyl (C=O) groups excluding carboxylic acids is 2. The quantitative estimate of drug-likeness (QED) is 0.195. The molecule has 47 heavy (non-hydrogen) atoms. The summed E-state index contributed by atoms with van der Waals surface area (Å²) in [6, 6.07) is 11.6. The van der Waals surface area contributed by atoms with E-state index in [-0.39, 0.29) is 22.2 Å². The van der Waals surface area contributed by atoms with Gasteiger partial charge in [-0.1, -0.05) is 12.1 Å². The minimum Gasteiger partial charge on any atom is -0.545 e. The number of carboxylic acid groups (broad SMARTS) is 1. The summed E-state index contributed by atoms with van der Waals surface area (Å²) in [5, 5.41) is 13.7. The third-order valence-corrected chi connectivity index (χ3v) is 10.2. The molecule has 3 aromatic rings. The summed E-state index contributed by atoms with van der Waals surface area (Å²) in [6.45, 7) is 10.1. The largest absolute Gasteiger partial charge is 0.545 e. The molecule has 0 aromatic heterocycles. The van der Waals surface area contributed by atoms with Crippen LogP contribution in [-0.4, -0.2) is 62.9 Å². The predicted octanol–water partition coefficient (Wildman–Crippen LogP) is 3.01. The summed E-state index contributed by atoms with van der Waals surface area (Å²) in [4.78, 5) is 27.4. The van der Waals surface area contributed by atoms with Crippen molar-refractivity contribution in [3.8, 4) is 11.5 Å². The molecule has 3 aliphatic heterocycles. The molecule has 10 nitrogen and oxygen atoms in total. The number of esters is 1. The first kappa shape index (κ1) is 32.2. The molecule has 3 aliphatic rings. The van der Waals surface area contributed by atoms with Gasteiger partial charge in [-0.3, -0.25) is 4.55 Å². The molecule has 0 unspecified atom stereocenters. The standard InChI is InChI=1S/C36H36N2O8S/c1-19-16-35(2,3)37(6)28-14-30-26(12-23(19)28)32(25-11-20(34(41)45-8)9-10-22(25)33(39)40)27-13-24-21(18-47(42,43)44)17-36(4,5)38(7)29(24)15-31(27)46-30/h9-17H,18H2,1-8H3,(H-,39,40,42,43,44). The highest BCUT2D eigenvalue weighted by Gasteiger charge is 2.36. The molecular formula is C36H36N2O8S. The van der Waals surface area contributed by atoms with E-state index in [2.05, 4.69) is 24.8 Å². The van der Waals surface area contributed by atoms with Crippen LogP contribution in [0.4, 0.5) is 5.69 Å². The highest BCUT2D eigenvalue weighted by atomic mass is 32.2. The van der Waals surface area contributed by atoms with Gasteiger partial charge in [0.15, 0.2) is 5.54 Å². The highest BCUT2D eigenvalue weighted by molar-refractivity contribution is 7.86. The van der Waals surface area contributed by atoms with Gasteiger partial charge in [-0.2, -0.15) is 8.42 Å². The molecular weight excluding hydrogens is 620 g/mol. The van der Waals surface area contributed by atoms with E-state index in [0.29, 0.717) is 44.3 Å². The average molecular weight is 657 g/mol. The van der Waals surface area contributed by atoms with Gasteiger partial charge in [0.05, 0.1) is 35.8 Å². The Morgan fingerprint density at radius 2 is 1.68 bits per heavy atom. The Labute approximate surface area is 273 Å². The molecule has 0 atom stereocenters. The van der Waals surface area contributed by atoms with E-state index in [1.54, 1.807) is 18.2 Å². The van der Waals surface area contributed by atoms with Crippen molar-refractivity contribution in [1.29, 1.82) is 0 Å². The smallest absolute Gasteiger partial charge is 0.337 e. The Balaban J connectivity index is 1.80. The zero-order valence-corrected chi connectivity index (χ0v) is 28.3. The van der Waals surface area contributed by atoms with Crippen molar-refractivity contribution in [2.75, 3.05) is 31.9 Å². The van der Waals surface area contributed by atoms with E-state index in [4.69, 9.17) is 9.47 Å². The molecule has 0 bridgehead atoms. The fraction of sp³-hybridized carbons (Fsp3) is 0.306. The second-order valence-electron chi connectivity index (χ2n) is 13.4. The van der Waals surface area contributed by atoms with Crippen LogP contribution in [0.3, 0.4) is 0 Å². The molecule has 0 radical (unpaired) electrons. The number of anilines is 1. The number of nitrogens with zero attached hydrogens (tertiary/aromatic N) is 2. The second-order valence-corrected chi connectivity index (χ2v) is 14.8. The Morgan fingerprint density at radius 3 is 2.32 bits per heavy atom. The van der Waals surface area contributed by atoms with Crippen molar-refractivity contribution < 1.29 is 37.1 Å². The van der Waals surface area contributed by atoms with E-state index in [1.165, 1.54) is 25.3 Å². The van der Waals surface area contributed by atoms with Crippen LogP contribution in [0.25, 0.3) is 16.7 Å². The number of allylic oxidation sites excluding steroid dienone is 1. The van der Waals surface area contributed by atoms with Crippen LogP contribution in [0.15, 0.2) is 54.6 Å². The molecule has 3 heterocycles. The van der Waals surface area contributed by atoms with Crippen molar-refractivity contribution in [2.24, 2.45) is 0 Å². The second kappa shape index (κ2) is 10.6. The summed E-state index contributed by atoms with van der Waals surface area (Å²) in [5.74, 6) is -1.84. The van der Waals surface area contributed by atoms with Crippen LogP contribution in [-0.2, 0) is 14.9 Å². The van der Waals surface area contributed by atoms with Crippen LogP contribution in [0.2, 0.25) is 0 Å². The van der Waals surface area contributed by atoms with Gasteiger partial charge in [-0.25, -0.2) is 9.37 Å². The average Bonchev–Trinajstić information content (AvgIpc) is 2.98. The van der Waals surface area contributed by atoms with Crippen LogP contribution in [0, 0.1) is 0 Å².